The normalized spacial score (nSPS) is 15.5. The number of aryl methyl sites for hydroxylation is 1. The number of likely N-dealkylation sites (tertiary alicyclic amines) is 1. The predicted octanol–water partition coefficient (Wildman–Crippen LogP) is 1.83. The van der Waals surface area contributed by atoms with E-state index in [-0.39, 0.29) is 17.7 Å². The number of nitrogens with zero attached hydrogens (tertiary/aromatic N) is 3. The molecule has 2 N–H and O–H groups in total. The summed E-state index contributed by atoms with van der Waals surface area (Å²) >= 11 is 0. The topological polar surface area (TPSA) is 81.2 Å². The van der Waals surface area contributed by atoms with Crippen LogP contribution in [0, 0.1) is 19.8 Å². The summed E-state index contributed by atoms with van der Waals surface area (Å²) in [5, 5.41) is 4.53. The van der Waals surface area contributed by atoms with Crippen LogP contribution in [0.2, 0.25) is 0 Å². The molecular weight excluding hydrogens is 304 g/mol. The fourth-order valence-corrected chi connectivity index (χ4v) is 3.30. The Morgan fingerprint density at radius 2 is 1.75 bits per heavy atom. The number of benzene rings is 1. The fourth-order valence-electron chi connectivity index (χ4n) is 3.30. The minimum atomic E-state index is -0.272. The first-order chi connectivity index (χ1) is 11.5. The molecule has 6 nitrogen and oxygen atoms in total. The van der Waals surface area contributed by atoms with Gasteiger partial charge in [0.2, 0.25) is 5.91 Å². The van der Waals surface area contributed by atoms with E-state index in [1.165, 1.54) is 0 Å². The number of para-hydroxylation sites is 1. The number of rotatable bonds is 3. The molecule has 0 atom stereocenters. The van der Waals surface area contributed by atoms with E-state index in [1.807, 2.05) is 44.2 Å². The molecule has 3 rings (SSSR count). The highest BCUT2D eigenvalue weighted by atomic mass is 16.2. The van der Waals surface area contributed by atoms with Crippen molar-refractivity contribution in [3.05, 3.63) is 47.3 Å². The number of aromatic nitrogens is 2. The molecule has 2 heterocycles. The van der Waals surface area contributed by atoms with Gasteiger partial charge in [-0.15, -0.1) is 0 Å². The van der Waals surface area contributed by atoms with Crippen molar-refractivity contribution in [3.63, 3.8) is 0 Å². The molecule has 1 aromatic heterocycles. The summed E-state index contributed by atoms with van der Waals surface area (Å²) in [4.78, 5) is 26.0. The van der Waals surface area contributed by atoms with Crippen molar-refractivity contribution in [2.45, 2.75) is 26.7 Å². The van der Waals surface area contributed by atoms with Crippen molar-refractivity contribution in [1.82, 2.24) is 14.7 Å². The van der Waals surface area contributed by atoms with Gasteiger partial charge in [-0.05, 0) is 38.8 Å². The molecule has 6 heteroatoms. The van der Waals surface area contributed by atoms with E-state index in [1.54, 1.807) is 9.58 Å². The standard InChI is InChI=1S/C18H22N4O2/c1-12-16(13(2)22(20-12)15-6-4-3-5-7-15)18(24)21-10-8-14(9-11-21)17(19)23/h3-7,14H,8-11H2,1-2H3,(H2,19,23). The molecule has 1 aromatic carbocycles. The number of primary amides is 1. The molecule has 126 valence electrons. The average molecular weight is 326 g/mol. The van der Waals surface area contributed by atoms with Gasteiger partial charge in [0.25, 0.3) is 5.91 Å². The first-order valence-corrected chi connectivity index (χ1v) is 8.19. The highest BCUT2D eigenvalue weighted by molar-refractivity contribution is 5.96. The summed E-state index contributed by atoms with van der Waals surface area (Å²) in [6.07, 6.45) is 1.26. The van der Waals surface area contributed by atoms with E-state index >= 15 is 0 Å². The number of carbonyl (C=O) groups is 2. The van der Waals surface area contributed by atoms with Gasteiger partial charge >= 0.3 is 0 Å². The zero-order valence-corrected chi connectivity index (χ0v) is 14.0. The first kappa shape index (κ1) is 16.2. The summed E-state index contributed by atoms with van der Waals surface area (Å²) in [7, 11) is 0. The maximum atomic E-state index is 12.9. The fraction of sp³-hybridized carbons (Fsp3) is 0.389. The quantitative estimate of drug-likeness (QED) is 0.934. The molecule has 0 aliphatic carbocycles. The summed E-state index contributed by atoms with van der Waals surface area (Å²) in [6.45, 7) is 4.88. The Labute approximate surface area is 141 Å². The molecule has 1 aliphatic rings. The van der Waals surface area contributed by atoms with Crippen molar-refractivity contribution in [1.29, 1.82) is 0 Å². The van der Waals surface area contributed by atoms with Gasteiger partial charge in [0.05, 0.1) is 22.6 Å². The van der Waals surface area contributed by atoms with Crippen LogP contribution in [0.4, 0.5) is 0 Å². The highest BCUT2D eigenvalue weighted by Crippen LogP contribution is 2.23. The number of amides is 2. The lowest BCUT2D eigenvalue weighted by Gasteiger charge is -2.30. The largest absolute Gasteiger partial charge is 0.369 e. The second-order valence-corrected chi connectivity index (χ2v) is 6.26. The SMILES string of the molecule is Cc1nn(-c2ccccc2)c(C)c1C(=O)N1CCC(C(N)=O)CC1. The minimum absolute atomic E-state index is 0.0184. The zero-order valence-electron chi connectivity index (χ0n) is 14.0. The number of piperidine rings is 1. The lowest BCUT2D eigenvalue weighted by molar-refractivity contribution is -0.123. The zero-order chi connectivity index (χ0) is 17.3. The van der Waals surface area contributed by atoms with Gasteiger partial charge in [0.15, 0.2) is 0 Å². The summed E-state index contributed by atoms with van der Waals surface area (Å²) in [6, 6.07) is 9.77. The molecule has 0 spiro atoms. The summed E-state index contributed by atoms with van der Waals surface area (Å²) in [5.74, 6) is -0.412. The van der Waals surface area contributed by atoms with Crippen LogP contribution in [-0.4, -0.2) is 39.6 Å². The van der Waals surface area contributed by atoms with E-state index in [0.717, 1.165) is 17.1 Å². The van der Waals surface area contributed by atoms with Gasteiger partial charge in [-0.3, -0.25) is 9.59 Å². The lowest BCUT2D eigenvalue weighted by atomic mass is 9.95. The van der Waals surface area contributed by atoms with Crippen LogP contribution in [0.15, 0.2) is 30.3 Å². The van der Waals surface area contributed by atoms with E-state index in [2.05, 4.69) is 5.10 Å². The van der Waals surface area contributed by atoms with E-state index in [4.69, 9.17) is 5.73 Å². The van der Waals surface area contributed by atoms with Crippen LogP contribution >= 0.6 is 0 Å². The Balaban J connectivity index is 1.84. The molecule has 0 bridgehead atoms. The van der Waals surface area contributed by atoms with Crippen LogP contribution in [0.3, 0.4) is 0 Å². The average Bonchev–Trinajstić information content (AvgIpc) is 2.89. The second-order valence-electron chi connectivity index (χ2n) is 6.26. The van der Waals surface area contributed by atoms with E-state index < -0.39 is 0 Å². The van der Waals surface area contributed by atoms with E-state index in [0.29, 0.717) is 31.5 Å². The summed E-state index contributed by atoms with van der Waals surface area (Å²) < 4.78 is 1.80. The third-order valence-corrected chi connectivity index (χ3v) is 4.69. The van der Waals surface area contributed by atoms with Crippen LogP contribution in [0.25, 0.3) is 5.69 Å². The molecule has 1 aliphatic heterocycles. The molecule has 2 amide bonds. The molecule has 0 unspecified atom stereocenters. The van der Waals surface area contributed by atoms with Crippen molar-refractivity contribution in [3.8, 4) is 5.69 Å². The van der Waals surface area contributed by atoms with Gasteiger partial charge in [0, 0.05) is 19.0 Å². The lowest BCUT2D eigenvalue weighted by Crippen LogP contribution is -2.42. The van der Waals surface area contributed by atoms with Gasteiger partial charge in [-0.1, -0.05) is 18.2 Å². The Morgan fingerprint density at radius 1 is 1.12 bits per heavy atom. The molecular formula is C18H22N4O2. The Morgan fingerprint density at radius 3 is 2.33 bits per heavy atom. The van der Waals surface area contributed by atoms with Crippen molar-refractivity contribution < 1.29 is 9.59 Å². The first-order valence-electron chi connectivity index (χ1n) is 8.19. The summed E-state index contributed by atoms with van der Waals surface area (Å²) in [5.41, 5.74) is 8.50. The van der Waals surface area contributed by atoms with Crippen LogP contribution in [0.1, 0.15) is 34.6 Å². The van der Waals surface area contributed by atoms with Gasteiger partial charge in [0.1, 0.15) is 0 Å². The van der Waals surface area contributed by atoms with Crippen LogP contribution in [-0.2, 0) is 4.79 Å². The molecule has 2 aromatic rings. The van der Waals surface area contributed by atoms with Gasteiger partial charge < -0.3 is 10.6 Å². The van der Waals surface area contributed by atoms with Crippen molar-refractivity contribution in [2.24, 2.45) is 11.7 Å². The third-order valence-electron chi connectivity index (χ3n) is 4.69. The Bertz CT molecular complexity index is 759. The van der Waals surface area contributed by atoms with E-state index in [9.17, 15) is 9.59 Å². The number of nitrogens with two attached hydrogens (primary N) is 1. The molecule has 0 radical (unpaired) electrons. The highest BCUT2D eigenvalue weighted by Gasteiger charge is 2.29. The maximum Gasteiger partial charge on any atom is 0.257 e. The van der Waals surface area contributed by atoms with Crippen molar-refractivity contribution in [2.75, 3.05) is 13.1 Å². The molecule has 1 fully saturated rings. The predicted molar refractivity (Wildman–Crippen MR) is 90.9 cm³/mol. The second kappa shape index (κ2) is 6.47. The van der Waals surface area contributed by atoms with Crippen LogP contribution in [0.5, 0.6) is 0 Å². The number of hydrogen-bond donors (Lipinski definition) is 1. The van der Waals surface area contributed by atoms with Crippen LogP contribution < -0.4 is 5.73 Å². The Hall–Kier alpha value is -2.63. The molecule has 1 saturated heterocycles. The van der Waals surface area contributed by atoms with Gasteiger partial charge in [-0.25, -0.2) is 4.68 Å². The minimum Gasteiger partial charge on any atom is -0.369 e. The number of carbonyl (C=O) groups excluding carboxylic acids is 2. The van der Waals surface area contributed by atoms with Crippen molar-refractivity contribution >= 4 is 11.8 Å². The third kappa shape index (κ3) is 2.91. The maximum absolute atomic E-state index is 12.9. The smallest absolute Gasteiger partial charge is 0.257 e. The monoisotopic (exact) mass is 326 g/mol. The molecule has 0 saturated carbocycles. The number of hydrogen-bond acceptors (Lipinski definition) is 3. The molecule has 24 heavy (non-hydrogen) atoms. The Kier molecular flexibility index (Phi) is 4.38. The van der Waals surface area contributed by atoms with Gasteiger partial charge in [-0.2, -0.15) is 5.10 Å².